The van der Waals surface area contributed by atoms with Crippen LogP contribution in [0.15, 0.2) is 55.1 Å². The molecular formula is C24H24N6O. The molecule has 4 aromatic rings. The molecule has 4 heterocycles. The lowest BCUT2D eigenvalue weighted by molar-refractivity contribution is 0.413. The molecule has 7 nitrogen and oxygen atoms in total. The largest absolute Gasteiger partial charge is 0.495 e. The van der Waals surface area contributed by atoms with Gasteiger partial charge in [-0.3, -0.25) is 4.98 Å². The molecule has 0 aliphatic carbocycles. The molecule has 0 radical (unpaired) electrons. The van der Waals surface area contributed by atoms with E-state index in [1.807, 2.05) is 65.0 Å². The maximum Gasteiger partial charge on any atom is 0.174 e. The molecular weight excluding hydrogens is 388 g/mol. The quantitative estimate of drug-likeness (QED) is 0.489. The summed E-state index contributed by atoms with van der Waals surface area (Å²) < 4.78 is 9.59. The summed E-state index contributed by atoms with van der Waals surface area (Å²) in [6.07, 6.45) is 11.7. The summed E-state index contributed by atoms with van der Waals surface area (Å²) in [5.74, 6) is 2.69. The summed E-state index contributed by atoms with van der Waals surface area (Å²) in [6, 6.07) is 12.1. The third-order valence-corrected chi connectivity index (χ3v) is 5.55. The number of ether oxygens (including phenoxy) is 1. The van der Waals surface area contributed by atoms with Crippen LogP contribution in [0.2, 0.25) is 0 Å². The van der Waals surface area contributed by atoms with Gasteiger partial charge in [0.2, 0.25) is 0 Å². The summed E-state index contributed by atoms with van der Waals surface area (Å²) in [7, 11) is 1.68. The highest BCUT2D eigenvalue weighted by atomic mass is 16.5. The Balaban J connectivity index is 1.41. The van der Waals surface area contributed by atoms with Crippen molar-refractivity contribution in [2.45, 2.75) is 32.2 Å². The summed E-state index contributed by atoms with van der Waals surface area (Å²) in [5.41, 5.74) is 3.99. The van der Waals surface area contributed by atoms with Crippen LogP contribution >= 0.6 is 0 Å². The lowest BCUT2D eigenvalue weighted by Gasteiger charge is -2.21. The van der Waals surface area contributed by atoms with Gasteiger partial charge in [-0.05, 0) is 55.7 Å². The average molecular weight is 412 g/mol. The van der Waals surface area contributed by atoms with E-state index in [1.54, 1.807) is 13.4 Å². The van der Waals surface area contributed by atoms with Gasteiger partial charge in [0.25, 0.3) is 0 Å². The van der Waals surface area contributed by atoms with E-state index in [1.165, 1.54) is 0 Å². The Bertz CT molecular complexity index is 1220. The Morgan fingerprint density at radius 1 is 1.13 bits per heavy atom. The first-order valence-electron chi connectivity index (χ1n) is 10.4. The average Bonchev–Trinajstić information content (AvgIpc) is 3.43. The van der Waals surface area contributed by atoms with Crippen LogP contribution in [0.1, 0.15) is 47.4 Å². The molecule has 7 heteroatoms. The topological polar surface area (TPSA) is 70.7 Å². The van der Waals surface area contributed by atoms with Gasteiger partial charge in [-0.25, -0.2) is 14.6 Å². The minimum Gasteiger partial charge on any atom is -0.495 e. The molecule has 0 amide bonds. The molecule has 156 valence electrons. The fourth-order valence-corrected chi connectivity index (χ4v) is 4.04. The summed E-state index contributed by atoms with van der Waals surface area (Å²) in [4.78, 5) is 13.7. The highest BCUT2D eigenvalue weighted by Crippen LogP contribution is 2.31. The molecule has 31 heavy (non-hydrogen) atoms. The maximum atomic E-state index is 5.61. The lowest BCUT2D eigenvalue weighted by atomic mass is 9.95. The van der Waals surface area contributed by atoms with Gasteiger partial charge in [-0.15, -0.1) is 0 Å². The first-order valence-corrected chi connectivity index (χ1v) is 10.4. The Kier molecular flexibility index (Phi) is 5.08. The van der Waals surface area contributed by atoms with Crippen molar-refractivity contribution in [3.8, 4) is 11.4 Å². The highest BCUT2D eigenvalue weighted by Gasteiger charge is 2.26. The predicted octanol–water partition coefficient (Wildman–Crippen LogP) is 4.27. The van der Waals surface area contributed by atoms with E-state index in [4.69, 9.17) is 14.8 Å². The number of imidazole rings is 1. The van der Waals surface area contributed by atoms with Crippen LogP contribution in [0.4, 0.5) is 0 Å². The Morgan fingerprint density at radius 3 is 2.84 bits per heavy atom. The second-order valence-corrected chi connectivity index (χ2v) is 7.69. The van der Waals surface area contributed by atoms with Crippen LogP contribution < -0.4 is 4.74 Å². The summed E-state index contributed by atoms with van der Waals surface area (Å²) in [5, 5.41) is 4.70. The standard InChI is InChI=1S/C24H24N6O/c1-17-15-29(16-26-17)21-10-8-18(14-22(21)31-2)9-11-23-27-24-19(6-5-13-30(24)28-23)20-7-3-4-12-25-20/h3-4,7-12,14-16,19H,5-6,13H2,1-2H3/t19-/m1/s1. The van der Waals surface area contributed by atoms with Crippen LogP contribution in [0.3, 0.4) is 0 Å². The molecule has 3 aromatic heterocycles. The predicted molar refractivity (Wildman–Crippen MR) is 119 cm³/mol. The molecule has 0 unspecified atom stereocenters. The van der Waals surface area contributed by atoms with Gasteiger partial charge in [0.1, 0.15) is 11.6 Å². The van der Waals surface area contributed by atoms with Crippen LogP contribution in [-0.4, -0.2) is 36.4 Å². The van der Waals surface area contributed by atoms with Crippen LogP contribution in [0, 0.1) is 6.92 Å². The summed E-state index contributed by atoms with van der Waals surface area (Å²) >= 11 is 0. The molecule has 0 bridgehead atoms. The first-order chi connectivity index (χ1) is 15.2. The fraction of sp³-hybridized carbons (Fsp3) is 0.250. The minimum absolute atomic E-state index is 0.197. The van der Waals surface area contributed by atoms with Crippen molar-refractivity contribution in [2.75, 3.05) is 7.11 Å². The van der Waals surface area contributed by atoms with Crippen LogP contribution in [0.25, 0.3) is 17.8 Å². The second kappa shape index (κ2) is 8.18. The number of aryl methyl sites for hydroxylation is 2. The molecule has 0 N–H and O–H groups in total. The summed E-state index contributed by atoms with van der Waals surface area (Å²) in [6.45, 7) is 2.86. The number of methoxy groups -OCH3 is 1. The fourth-order valence-electron chi connectivity index (χ4n) is 4.04. The molecule has 1 aromatic carbocycles. The lowest BCUT2D eigenvalue weighted by Crippen LogP contribution is -2.18. The SMILES string of the molecule is COc1cc(C=Cc2nc3n(n2)CCC[C@@H]3c2ccccn2)ccc1-n1cnc(C)c1. The molecule has 1 aliphatic heterocycles. The van der Waals surface area contributed by atoms with Crippen molar-refractivity contribution in [3.05, 3.63) is 83.7 Å². The molecule has 0 fully saturated rings. The van der Waals surface area contributed by atoms with E-state index in [2.05, 4.69) is 22.1 Å². The molecule has 0 saturated carbocycles. The van der Waals surface area contributed by atoms with Crippen molar-refractivity contribution in [1.82, 2.24) is 29.3 Å². The highest BCUT2D eigenvalue weighted by molar-refractivity contribution is 5.69. The van der Waals surface area contributed by atoms with E-state index >= 15 is 0 Å². The molecule has 1 aliphatic rings. The van der Waals surface area contributed by atoms with Gasteiger partial charge in [0, 0.05) is 18.9 Å². The Morgan fingerprint density at radius 2 is 2.06 bits per heavy atom. The van der Waals surface area contributed by atoms with E-state index < -0.39 is 0 Å². The zero-order valence-electron chi connectivity index (χ0n) is 17.6. The number of aromatic nitrogens is 6. The normalized spacial score (nSPS) is 15.9. The number of benzene rings is 1. The smallest absolute Gasteiger partial charge is 0.174 e. The van der Waals surface area contributed by atoms with Crippen molar-refractivity contribution in [2.24, 2.45) is 0 Å². The molecule has 0 saturated heterocycles. The van der Waals surface area contributed by atoms with E-state index in [-0.39, 0.29) is 5.92 Å². The van der Waals surface area contributed by atoms with E-state index in [0.29, 0.717) is 5.82 Å². The monoisotopic (exact) mass is 412 g/mol. The molecule has 1 atom stereocenters. The van der Waals surface area contributed by atoms with Crippen molar-refractivity contribution >= 4 is 12.2 Å². The Labute approximate surface area is 181 Å². The van der Waals surface area contributed by atoms with Crippen LogP contribution in [-0.2, 0) is 6.54 Å². The van der Waals surface area contributed by atoms with Crippen LogP contribution in [0.5, 0.6) is 5.75 Å². The molecule has 5 rings (SSSR count). The van der Waals surface area contributed by atoms with Crippen molar-refractivity contribution in [1.29, 1.82) is 0 Å². The van der Waals surface area contributed by atoms with Gasteiger partial charge >= 0.3 is 0 Å². The zero-order valence-corrected chi connectivity index (χ0v) is 17.6. The van der Waals surface area contributed by atoms with Crippen molar-refractivity contribution < 1.29 is 4.74 Å². The van der Waals surface area contributed by atoms with E-state index in [9.17, 15) is 0 Å². The maximum absolute atomic E-state index is 5.61. The Hall–Kier alpha value is -3.74. The van der Waals surface area contributed by atoms with Crippen molar-refractivity contribution in [3.63, 3.8) is 0 Å². The third-order valence-electron chi connectivity index (χ3n) is 5.55. The number of pyridine rings is 1. The molecule has 0 spiro atoms. The minimum atomic E-state index is 0.197. The van der Waals surface area contributed by atoms with Gasteiger partial charge in [-0.2, -0.15) is 5.10 Å². The number of hydrogen-bond acceptors (Lipinski definition) is 5. The number of rotatable bonds is 5. The third kappa shape index (κ3) is 3.86. The second-order valence-electron chi connectivity index (χ2n) is 7.69. The zero-order chi connectivity index (χ0) is 21.2. The number of fused-ring (bicyclic) bond motifs is 1. The first kappa shape index (κ1) is 19.2. The van der Waals surface area contributed by atoms with Gasteiger partial charge in [0.05, 0.1) is 36.4 Å². The number of nitrogens with zero attached hydrogens (tertiary/aromatic N) is 6. The van der Waals surface area contributed by atoms with Gasteiger partial charge in [-0.1, -0.05) is 18.2 Å². The van der Waals surface area contributed by atoms with E-state index in [0.717, 1.165) is 53.6 Å². The van der Waals surface area contributed by atoms with Gasteiger partial charge < -0.3 is 9.30 Å². The number of hydrogen-bond donors (Lipinski definition) is 0. The van der Waals surface area contributed by atoms with Gasteiger partial charge in [0.15, 0.2) is 5.82 Å².